The third-order valence-corrected chi connectivity index (χ3v) is 5.94. The molecule has 2 heterocycles. The quantitative estimate of drug-likeness (QED) is 0.207. The molecule has 4 rings (SSSR count). The Morgan fingerprint density at radius 1 is 1.10 bits per heavy atom. The summed E-state index contributed by atoms with van der Waals surface area (Å²) in [6.45, 7) is 1.26. The van der Waals surface area contributed by atoms with Gasteiger partial charge >= 0.3 is 12.0 Å². The lowest BCUT2D eigenvalue weighted by molar-refractivity contribution is -0.136. The Morgan fingerprint density at radius 2 is 1.87 bits per heavy atom. The van der Waals surface area contributed by atoms with Crippen molar-refractivity contribution in [1.82, 2.24) is 16.1 Å². The molecule has 0 bridgehead atoms. The van der Waals surface area contributed by atoms with Crippen molar-refractivity contribution in [2.24, 2.45) is 5.10 Å². The maximum Gasteiger partial charge on any atom is 0.337 e. The molecule has 1 aliphatic heterocycles. The Labute approximate surface area is 228 Å². The number of rotatable bonds is 9. The number of hydrogen-bond donors (Lipinski definition) is 3. The van der Waals surface area contributed by atoms with Crippen LogP contribution in [-0.2, 0) is 14.3 Å². The summed E-state index contributed by atoms with van der Waals surface area (Å²) in [5.74, 6) is 0.547. The van der Waals surface area contributed by atoms with E-state index in [1.54, 1.807) is 49.4 Å². The highest BCUT2D eigenvalue weighted by atomic mass is 35.5. The number of ether oxygens (including phenoxy) is 3. The number of hydrazone groups is 1. The number of benzene rings is 2. The summed E-state index contributed by atoms with van der Waals surface area (Å²) < 4.78 is 21.6. The Morgan fingerprint density at radius 3 is 2.59 bits per heavy atom. The van der Waals surface area contributed by atoms with Crippen LogP contribution in [0.25, 0.3) is 11.3 Å². The van der Waals surface area contributed by atoms with Crippen LogP contribution in [0.2, 0.25) is 5.02 Å². The van der Waals surface area contributed by atoms with Gasteiger partial charge in [-0.3, -0.25) is 4.79 Å². The summed E-state index contributed by atoms with van der Waals surface area (Å²) in [6.07, 6.45) is 1.37. The highest BCUT2D eigenvalue weighted by Gasteiger charge is 2.32. The number of allylic oxidation sites excluding steroid dienone is 1. The molecule has 3 amide bonds. The smallest absolute Gasteiger partial charge is 0.337 e. The van der Waals surface area contributed by atoms with Gasteiger partial charge in [0.15, 0.2) is 18.1 Å². The van der Waals surface area contributed by atoms with Gasteiger partial charge in [0.1, 0.15) is 11.5 Å². The van der Waals surface area contributed by atoms with Crippen LogP contribution < -0.4 is 25.5 Å². The largest absolute Gasteiger partial charge is 0.493 e. The van der Waals surface area contributed by atoms with E-state index in [1.807, 2.05) is 12.1 Å². The fourth-order valence-corrected chi connectivity index (χ4v) is 3.97. The Hall–Kier alpha value is -4.77. The molecule has 39 heavy (non-hydrogen) atoms. The summed E-state index contributed by atoms with van der Waals surface area (Å²) in [5, 5.41) is 9.78. The van der Waals surface area contributed by atoms with Gasteiger partial charge in [0.2, 0.25) is 0 Å². The first-order valence-electron chi connectivity index (χ1n) is 11.6. The van der Waals surface area contributed by atoms with Crippen LogP contribution in [0, 0.1) is 0 Å². The Kier molecular flexibility index (Phi) is 8.52. The van der Waals surface area contributed by atoms with E-state index < -0.39 is 23.9 Å². The molecule has 3 N–H and O–H groups in total. The number of hydrogen-bond acceptors (Lipinski definition) is 8. The van der Waals surface area contributed by atoms with Crippen LogP contribution in [0.3, 0.4) is 0 Å². The number of furan rings is 1. The number of nitrogens with one attached hydrogen (secondary N) is 3. The highest BCUT2D eigenvalue weighted by molar-refractivity contribution is 6.30. The van der Waals surface area contributed by atoms with E-state index in [0.29, 0.717) is 33.6 Å². The van der Waals surface area contributed by atoms with E-state index in [2.05, 4.69) is 21.2 Å². The van der Waals surface area contributed by atoms with Crippen molar-refractivity contribution in [3.63, 3.8) is 0 Å². The van der Waals surface area contributed by atoms with Gasteiger partial charge in [-0.25, -0.2) is 15.0 Å². The zero-order valence-electron chi connectivity index (χ0n) is 21.2. The van der Waals surface area contributed by atoms with E-state index in [4.69, 9.17) is 30.2 Å². The van der Waals surface area contributed by atoms with Crippen molar-refractivity contribution in [1.29, 1.82) is 0 Å². The first kappa shape index (κ1) is 27.3. The number of halogens is 1. The molecule has 0 radical (unpaired) electrons. The normalized spacial score (nSPS) is 15.0. The number of esters is 1. The van der Waals surface area contributed by atoms with Crippen LogP contribution in [0.15, 0.2) is 75.4 Å². The SMILES string of the molecule is COC(=O)C1=C(C)NC(=O)N[C@@H]1c1ccc(OCC(=O)N/N=C\c2ccc(-c3ccc(Cl)cc3)o2)c(OC)c1. The van der Waals surface area contributed by atoms with Crippen molar-refractivity contribution < 1.29 is 33.0 Å². The van der Waals surface area contributed by atoms with Gasteiger partial charge in [0.05, 0.1) is 32.0 Å². The van der Waals surface area contributed by atoms with Crippen LogP contribution in [-0.4, -0.2) is 44.9 Å². The van der Waals surface area contributed by atoms with E-state index >= 15 is 0 Å². The van der Waals surface area contributed by atoms with Crippen LogP contribution in [0.5, 0.6) is 11.5 Å². The molecule has 11 nitrogen and oxygen atoms in total. The molecule has 0 unspecified atom stereocenters. The Bertz CT molecular complexity index is 1450. The van der Waals surface area contributed by atoms with Gasteiger partial charge in [-0.05, 0) is 61.0 Å². The second kappa shape index (κ2) is 12.2. The molecular weight excluding hydrogens is 528 g/mol. The zero-order chi connectivity index (χ0) is 27.9. The molecule has 1 aliphatic rings. The molecule has 12 heteroatoms. The van der Waals surface area contributed by atoms with Crippen molar-refractivity contribution in [2.45, 2.75) is 13.0 Å². The minimum absolute atomic E-state index is 0.252. The number of carbonyl (C=O) groups excluding carboxylic acids is 3. The lowest BCUT2D eigenvalue weighted by Gasteiger charge is -2.28. The average Bonchev–Trinajstić information content (AvgIpc) is 3.40. The van der Waals surface area contributed by atoms with Gasteiger partial charge in [-0.1, -0.05) is 17.7 Å². The molecule has 1 aromatic heterocycles. The van der Waals surface area contributed by atoms with Crippen molar-refractivity contribution in [3.05, 3.63) is 82.2 Å². The van der Waals surface area contributed by atoms with E-state index in [1.165, 1.54) is 20.4 Å². The second-order valence-electron chi connectivity index (χ2n) is 8.26. The number of nitrogens with zero attached hydrogens (tertiary/aromatic N) is 1. The van der Waals surface area contributed by atoms with Crippen LogP contribution >= 0.6 is 11.6 Å². The van der Waals surface area contributed by atoms with Crippen LogP contribution in [0.1, 0.15) is 24.3 Å². The predicted molar refractivity (Wildman–Crippen MR) is 143 cm³/mol. The summed E-state index contributed by atoms with van der Waals surface area (Å²) in [4.78, 5) is 36.6. The molecule has 0 saturated carbocycles. The average molecular weight is 553 g/mol. The number of carbonyl (C=O) groups is 3. The van der Waals surface area contributed by atoms with Crippen LogP contribution in [0.4, 0.5) is 4.79 Å². The molecule has 2 aromatic carbocycles. The van der Waals surface area contributed by atoms with Crippen molar-refractivity contribution in [3.8, 4) is 22.8 Å². The molecule has 202 valence electrons. The van der Waals surface area contributed by atoms with Crippen molar-refractivity contribution >= 4 is 35.7 Å². The maximum atomic E-state index is 12.3. The first-order valence-corrected chi connectivity index (χ1v) is 12.0. The lowest BCUT2D eigenvalue weighted by atomic mass is 9.95. The third-order valence-electron chi connectivity index (χ3n) is 5.69. The molecule has 0 spiro atoms. The number of methoxy groups -OCH3 is 2. The van der Waals surface area contributed by atoms with Gasteiger partial charge < -0.3 is 29.3 Å². The predicted octanol–water partition coefficient (Wildman–Crippen LogP) is 3.94. The van der Waals surface area contributed by atoms with Gasteiger partial charge in [-0.2, -0.15) is 5.10 Å². The van der Waals surface area contributed by atoms with Gasteiger partial charge in [-0.15, -0.1) is 0 Å². The molecule has 0 saturated heterocycles. The minimum atomic E-state index is -0.770. The standard InChI is InChI=1S/C27H25ClN4O7/c1-15-24(26(34)37-3)25(31-27(35)30-15)17-6-10-21(22(12-17)36-2)38-14-23(33)32-29-13-19-9-11-20(39-19)16-4-7-18(28)8-5-16/h4-13,25H,14H2,1-3H3,(H,32,33)(H2,30,31,35)/b29-13-/t25-/m1/s1. The topological polar surface area (TPSA) is 140 Å². The fourth-order valence-electron chi connectivity index (χ4n) is 3.84. The molecule has 0 aliphatic carbocycles. The highest BCUT2D eigenvalue weighted by Crippen LogP contribution is 2.34. The summed E-state index contributed by atoms with van der Waals surface area (Å²) >= 11 is 5.91. The molecule has 3 aromatic rings. The monoisotopic (exact) mass is 552 g/mol. The van der Waals surface area contributed by atoms with Gasteiger partial charge in [0, 0.05) is 16.3 Å². The minimum Gasteiger partial charge on any atom is -0.493 e. The first-order chi connectivity index (χ1) is 18.8. The van der Waals surface area contributed by atoms with Gasteiger partial charge in [0.25, 0.3) is 5.91 Å². The molecule has 1 atom stereocenters. The fraction of sp³-hybridized carbons (Fsp3) is 0.185. The summed E-state index contributed by atoms with van der Waals surface area (Å²) in [5.41, 5.74) is 4.41. The van der Waals surface area contributed by atoms with E-state index in [9.17, 15) is 14.4 Å². The molecule has 0 fully saturated rings. The zero-order valence-corrected chi connectivity index (χ0v) is 22.0. The summed E-state index contributed by atoms with van der Waals surface area (Å²) in [7, 11) is 2.69. The number of amides is 3. The molecular formula is C27H25ClN4O7. The van der Waals surface area contributed by atoms with E-state index in [0.717, 1.165) is 5.56 Å². The maximum absolute atomic E-state index is 12.3. The summed E-state index contributed by atoms with van der Waals surface area (Å²) in [6, 6.07) is 14.3. The second-order valence-corrected chi connectivity index (χ2v) is 8.70. The Balaban J connectivity index is 1.37. The van der Waals surface area contributed by atoms with Crippen molar-refractivity contribution in [2.75, 3.05) is 20.8 Å². The third kappa shape index (κ3) is 6.57. The lowest BCUT2D eigenvalue weighted by Crippen LogP contribution is -2.45. The number of urea groups is 1. The van der Waals surface area contributed by atoms with E-state index in [-0.39, 0.29) is 17.9 Å².